The third-order valence-corrected chi connectivity index (χ3v) is 4.58. The Morgan fingerprint density at radius 2 is 1.96 bits per heavy atom. The van der Waals surface area contributed by atoms with Crippen LogP contribution in [-0.4, -0.2) is 32.7 Å². The summed E-state index contributed by atoms with van der Waals surface area (Å²) in [6, 6.07) is 13.4. The van der Waals surface area contributed by atoms with Gasteiger partial charge in [-0.15, -0.1) is 10.2 Å². The first-order valence-electron chi connectivity index (χ1n) is 10.1. The summed E-state index contributed by atoms with van der Waals surface area (Å²) in [5.74, 6) is 0.970. The van der Waals surface area contributed by atoms with Crippen LogP contribution in [0.15, 0.2) is 54.7 Å². The van der Waals surface area contributed by atoms with Crippen molar-refractivity contribution in [2.45, 2.75) is 6.92 Å². The van der Waals surface area contributed by atoms with Gasteiger partial charge in [0.2, 0.25) is 0 Å². The second-order valence-corrected chi connectivity index (χ2v) is 6.33. The van der Waals surface area contributed by atoms with Crippen LogP contribution in [-0.2, 0) is 7.05 Å². The monoisotopic (exact) mass is 376 g/mol. The van der Waals surface area contributed by atoms with Gasteiger partial charge in [0.1, 0.15) is 11.6 Å². The molecular weight excluding hydrogens is 354 g/mol. The molecule has 2 aromatic heterocycles. The summed E-state index contributed by atoms with van der Waals surface area (Å²) in [6.45, 7) is 1.94. The Balaban J connectivity index is 1.55. The molecule has 0 atom stereocenters. The molecule has 0 radical (unpaired) electrons. The molecule has 0 spiro atoms. The van der Waals surface area contributed by atoms with Crippen molar-refractivity contribution in [3.8, 4) is 17.0 Å². The molecule has 2 heterocycles. The molecule has 1 N–H and O–H groups in total. The van der Waals surface area contributed by atoms with Gasteiger partial charge in [-0.2, -0.15) is 0 Å². The van der Waals surface area contributed by atoms with E-state index in [-0.39, 0.29) is 5.75 Å². The van der Waals surface area contributed by atoms with E-state index in [9.17, 15) is 4.79 Å². The van der Waals surface area contributed by atoms with Crippen LogP contribution in [0.1, 0.15) is 20.3 Å². The Hall–Kier alpha value is -3.74. The highest BCUT2D eigenvalue weighted by Gasteiger charge is 2.10. The number of amides is 1. The van der Waals surface area contributed by atoms with Gasteiger partial charge < -0.3 is 14.6 Å². The first kappa shape index (κ1) is 14.3. The zero-order chi connectivity index (χ0) is 22.2. The molecule has 0 unspecified atom stereocenters. The van der Waals surface area contributed by atoms with Gasteiger partial charge in [-0.25, -0.2) is 4.98 Å². The lowest BCUT2D eigenvalue weighted by Gasteiger charge is -2.08. The van der Waals surface area contributed by atoms with E-state index in [0.717, 1.165) is 22.5 Å². The molecule has 7 heteroatoms. The summed E-state index contributed by atoms with van der Waals surface area (Å²) in [7, 11) is -0.593. The van der Waals surface area contributed by atoms with Gasteiger partial charge in [0.25, 0.3) is 5.91 Å². The molecule has 0 saturated carbocycles. The van der Waals surface area contributed by atoms with Gasteiger partial charge in [-0.1, -0.05) is 6.07 Å². The van der Waals surface area contributed by atoms with E-state index in [1.54, 1.807) is 6.07 Å². The number of carbonyl (C=O) groups is 1. The number of fused-ring (bicyclic) bond motifs is 1. The van der Waals surface area contributed by atoms with Crippen molar-refractivity contribution >= 4 is 22.6 Å². The number of hydrogen-bond donors (Lipinski definition) is 1. The minimum absolute atomic E-state index is 0.153. The van der Waals surface area contributed by atoms with E-state index >= 15 is 0 Å². The number of imidazole rings is 1. The average Bonchev–Trinajstić information content (AvgIpc) is 3.05. The number of rotatable bonds is 4. The van der Waals surface area contributed by atoms with Gasteiger partial charge in [0.15, 0.2) is 5.82 Å². The third kappa shape index (κ3) is 3.29. The van der Waals surface area contributed by atoms with Crippen molar-refractivity contribution in [2.24, 2.45) is 7.05 Å². The molecule has 1 amide bonds. The predicted octanol–water partition coefficient (Wildman–Crippen LogP) is 3.60. The van der Waals surface area contributed by atoms with Crippen LogP contribution in [0, 0.1) is 6.92 Å². The number of methoxy groups -OCH3 is 1. The van der Waals surface area contributed by atoms with E-state index in [1.807, 2.05) is 42.9 Å². The molecule has 140 valence electrons. The summed E-state index contributed by atoms with van der Waals surface area (Å²) in [4.78, 5) is 16.9. The summed E-state index contributed by atoms with van der Waals surface area (Å²) in [5.41, 5.74) is 2.98. The van der Waals surface area contributed by atoms with E-state index in [2.05, 4.69) is 20.5 Å². The highest BCUT2D eigenvalue weighted by molar-refractivity contribution is 6.04. The number of benzene rings is 2. The number of nitrogens with one attached hydrogen (secondary N) is 1. The predicted molar refractivity (Wildman–Crippen MR) is 107 cm³/mol. The molecule has 0 fully saturated rings. The highest BCUT2D eigenvalue weighted by Crippen LogP contribution is 2.25. The molecule has 7 nitrogen and oxygen atoms in total. The van der Waals surface area contributed by atoms with E-state index < -0.39 is 12.9 Å². The van der Waals surface area contributed by atoms with Gasteiger partial charge in [0, 0.05) is 23.6 Å². The molecule has 0 aliphatic rings. The number of anilines is 1. The van der Waals surface area contributed by atoms with Crippen LogP contribution < -0.4 is 10.1 Å². The number of aromatic nitrogens is 4. The van der Waals surface area contributed by atoms with E-state index in [0.29, 0.717) is 16.9 Å². The Kier molecular flexibility index (Phi) is 3.64. The van der Waals surface area contributed by atoms with Crippen LogP contribution in [0.4, 0.5) is 5.82 Å². The lowest BCUT2D eigenvalue weighted by molar-refractivity contribution is 0.102. The first-order valence-corrected chi connectivity index (χ1v) is 8.56. The smallest absolute Gasteiger partial charge is 0.256 e. The second-order valence-electron chi connectivity index (χ2n) is 6.33. The largest absolute Gasteiger partial charge is 0.497 e. The minimum atomic E-state index is -2.54. The fourth-order valence-electron chi connectivity index (χ4n) is 2.90. The molecule has 0 aliphatic heterocycles. The number of aryl methyl sites for hydroxylation is 1. The maximum atomic E-state index is 12.5. The molecular formula is C21H19N5O2. The van der Waals surface area contributed by atoms with Crippen LogP contribution in [0.5, 0.6) is 5.75 Å². The molecule has 28 heavy (non-hydrogen) atoms. The minimum Gasteiger partial charge on any atom is -0.497 e. The third-order valence-electron chi connectivity index (χ3n) is 4.58. The summed E-state index contributed by atoms with van der Waals surface area (Å²) in [6.07, 6.45) is 1.81. The highest BCUT2D eigenvalue weighted by atomic mass is 16.5. The van der Waals surface area contributed by atoms with Crippen molar-refractivity contribution in [2.75, 3.05) is 12.4 Å². The van der Waals surface area contributed by atoms with Crippen LogP contribution in [0.2, 0.25) is 0 Å². The van der Waals surface area contributed by atoms with Crippen molar-refractivity contribution in [1.29, 1.82) is 0 Å². The van der Waals surface area contributed by atoms with Gasteiger partial charge >= 0.3 is 0 Å². The summed E-state index contributed by atoms with van der Waals surface area (Å²) < 4.78 is 28.1. The number of ether oxygens (including phenoxy) is 1. The molecule has 0 bridgehead atoms. The Labute approximate surface area is 166 Å². The van der Waals surface area contributed by atoms with E-state index in [1.165, 1.54) is 24.3 Å². The van der Waals surface area contributed by atoms with Gasteiger partial charge in [0.05, 0.1) is 28.6 Å². The molecule has 2 aromatic carbocycles. The Morgan fingerprint density at radius 3 is 2.68 bits per heavy atom. The topological polar surface area (TPSA) is 81.9 Å². The zero-order valence-corrected chi connectivity index (χ0v) is 15.3. The van der Waals surface area contributed by atoms with Crippen molar-refractivity contribution < 1.29 is 13.6 Å². The van der Waals surface area contributed by atoms with Crippen molar-refractivity contribution in [3.63, 3.8) is 0 Å². The molecule has 4 aromatic rings. The van der Waals surface area contributed by atoms with Gasteiger partial charge in [-0.05, 0) is 49.4 Å². The number of nitrogens with zero attached hydrogens (tertiary/aromatic N) is 4. The second kappa shape index (κ2) is 7.11. The lowest BCUT2D eigenvalue weighted by atomic mass is 10.1. The molecule has 0 saturated heterocycles. The molecule has 4 rings (SSSR count). The number of carbonyl (C=O) groups excluding carboxylic acids is 1. The summed E-state index contributed by atoms with van der Waals surface area (Å²) >= 11 is 0. The fraction of sp³-hybridized carbons (Fsp3) is 0.143. The van der Waals surface area contributed by atoms with Crippen molar-refractivity contribution in [1.82, 2.24) is 19.7 Å². The first-order chi connectivity index (χ1) is 14.7. The fourth-order valence-corrected chi connectivity index (χ4v) is 2.90. The van der Waals surface area contributed by atoms with Crippen LogP contribution in [0.25, 0.3) is 22.2 Å². The zero-order valence-electron chi connectivity index (χ0n) is 18.3. The normalized spacial score (nSPS) is 12.9. The quantitative estimate of drug-likeness (QED) is 0.588. The standard InChI is InChI=1S/C21H19N5O2/c1-13-22-12-19(26(13)2)15-6-9-18-16(10-15)11-20(25-24-18)23-21(27)14-4-7-17(28-3)8-5-14/h4-12H,1-3H3,(H,23,25,27)/i3D3. The maximum Gasteiger partial charge on any atom is 0.256 e. The average molecular weight is 376 g/mol. The summed E-state index contributed by atoms with van der Waals surface area (Å²) in [5, 5.41) is 11.8. The van der Waals surface area contributed by atoms with Crippen LogP contribution in [0.3, 0.4) is 0 Å². The van der Waals surface area contributed by atoms with Crippen LogP contribution >= 0.6 is 0 Å². The van der Waals surface area contributed by atoms with Crippen molar-refractivity contribution in [3.05, 3.63) is 66.1 Å². The SMILES string of the molecule is [2H]C([2H])([2H])Oc1ccc(C(=O)Nc2cc3cc(-c4cnc(C)n4C)ccc3nn2)cc1. The van der Waals surface area contributed by atoms with Gasteiger partial charge in [-0.3, -0.25) is 4.79 Å². The molecule has 0 aliphatic carbocycles. The van der Waals surface area contributed by atoms with E-state index in [4.69, 9.17) is 8.85 Å². The lowest BCUT2D eigenvalue weighted by Crippen LogP contribution is -2.13. The Morgan fingerprint density at radius 1 is 1.14 bits per heavy atom. The Bertz CT molecular complexity index is 1270. The number of hydrogen-bond acceptors (Lipinski definition) is 5. The maximum absolute atomic E-state index is 12.5.